The number of carbonyl (C=O) groups is 1. The first-order valence-electron chi connectivity index (χ1n) is 6.21. The molecule has 0 spiro atoms. The fourth-order valence-corrected chi connectivity index (χ4v) is 2.19. The van der Waals surface area contributed by atoms with Crippen molar-refractivity contribution < 1.29 is 18.3 Å². The third kappa shape index (κ3) is 4.40. The Morgan fingerprint density at radius 1 is 1.50 bits per heavy atom. The van der Waals surface area contributed by atoms with Crippen molar-refractivity contribution >= 4 is 6.09 Å². The number of nitrogens with two attached hydrogens (primary N) is 1. The Hall–Kier alpha value is -0.910. The summed E-state index contributed by atoms with van der Waals surface area (Å²) >= 11 is 0. The second kappa shape index (κ2) is 5.38. The molecule has 0 aliphatic heterocycles. The fourth-order valence-electron chi connectivity index (χ4n) is 2.19. The molecule has 6 heteroatoms. The van der Waals surface area contributed by atoms with Crippen molar-refractivity contribution in [3.63, 3.8) is 0 Å². The maximum absolute atomic E-state index is 13.7. The van der Waals surface area contributed by atoms with Crippen molar-refractivity contribution in [2.24, 2.45) is 11.7 Å². The molecule has 0 bridgehead atoms. The molecule has 106 valence electrons. The average molecular weight is 264 g/mol. The van der Waals surface area contributed by atoms with Crippen LogP contribution in [-0.4, -0.2) is 30.2 Å². The zero-order valence-electron chi connectivity index (χ0n) is 11.1. The van der Waals surface area contributed by atoms with Crippen molar-refractivity contribution in [3.05, 3.63) is 0 Å². The zero-order chi connectivity index (χ0) is 14.0. The minimum Gasteiger partial charge on any atom is -0.444 e. The molecule has 1 aliphatic carbocycles. The number of alkyl carbamates (subject to hydrolysis) is 1. The van der Waals surface area contributed by atoms with Gasteiger partial charge in [-0.2, -0.15) is 0 Å². The van der Waals surface area contributed by atoms with Gasteiger partial charge in [0.05, 0.1) is 6.04 Å². The van der Waals surface area contributed by atoms with E-state index < -0.39 is 23.7 Å². The summed E-state index contributed by atoms with van der Waals surface area (Å²) in [5.41, 5.74) is 4.68. The lowest BCUT2D eigenvalue weighted by Gasteiger charge is -2.24. The summed E-state index contributed by atoms with van der Waals surface area (Å²) in [5, 5.41) is 2.26. The Morgan fingerprint density at radius 2 is 2.11 bits per heavy atom. The van der Waals surface area contributed by atoms with Crippen LogP contribution in [0.15, 0.2) is 0 Å². The van der Waals surface area contributed by atoms with Gasteiger partial charge in [0.15, 0.2) is 0 Å². The van der Waals surface area contributed by atoms with Crippen LogP contribution < -0.4 is 11.1 Å². The first kappa shape index (κ1) is 15.1. The smallest absolute Gasteiger partial charge is 0.408 e. The molecule has 0 aromatic heterocycles. The number of alkyl halides is 2. The molecule has 0 saturated heterocycles. The Balaban J connectivity index is 2.53. The van der Waals surface area contributed by atoms with Crippen molar-refractivity contribution in [1.82, 2.24) is 5.32 Å². The van der Waals surface area contributed by atoms with E-state index >= 15 is 0 Å². The van der Waals surface area contributed by atoms with E-state index in [-0.39, 0.29) is 18.8 Å². The number of rotatable bonds is 3. The summed E-state index contributed by atoms with van der Waals surface area (Å²) in [7, 11) is 0. The SMILES string of the molecule is CC(C)(C)OC(=O)N[C@@H]1C[C@H](CCN)CC1(F)F. The minimum absolute atomic E-state index is 0.134. The van der Waals surface area contributed by atoms with E-state index in [1.165, 1.54) is 0 Å². The zero-order valence-corrected chi connectivity index (χ0v) is 11.1. The average Bonchev–Trinajstić information content (AvgIpc) is 2.38. The van der Waals surface area contributed by atoms with Gasteiger partial charge in [-0.05, 0) is 46.1 Å². The number of hydrogen-bond acceptors (Lipinski definition) is 3. The Labute approximate surface area is 106 Å². The fraction of sp³-hybridized carbons (Fsp3) is 0.917. The van der Waals surface area contributed by atoms with Crippen LogP contribution in [0.3, 0.4) is 0 Å². The third-order valence-corrected chi connectivity index (χ3v) is 2.91. The lowest BCUT2D eigenvalue weighted by atomic mass is 10.0. The maximum Gasteiger partial charge on any atom is 0.408 e. The minimum atomic E-state index is -2.88. The summed E-state index contributed by atoms with van der Waals surface area (Å²) in [6.07, 6.45) is -0.198. The van der Waals surface area contributed by atoms with Gasteiger partial charge in [0, 0.05) is 6.42 Å². The van der Waals surface area contributed by atoms with E-state index in [0.717, 1.165) is 0 Å². The first-order chi connectivity index (χ1) is 8.14. The number of ether oxygens (including phenoxy) is 1. The second-order valence-corrected chi connectivity index (χ2v) is 5.84. The van der Waals surface area contributed by atoms with Crippen LogP contribution in [-0.2, 0) is 4.74 Å². The first-order valence-corrected chi connectivity index (χ1v) is 6.21. The molecule has 0 unspecified atom stereocenters. The van der Waals surface area contributed by atoms with Crippen molar-refractivity contribution in [3.8, 4) is 0 Å². The summed E-state index contributed by atoms with van der Waals surface area (Å²) in [6.45, 7) is 5.46. The molecule has 0 heterocycles. The molecule has 0 aromatic carbocycles. The lowest BCUT2D eigenvalue weighted by molar-refractivity contribution is -0.0254. The number of hydrogen-bond donors (Lipinski definition) is 2. The van der Waals surface area contributed by atoms with Gasteiger partial charge in [-0.3, -0.25) is 0 Å². The van der Waals surface area contributed by atoms with Gasteiger partial charge < -0.3 is 15.8 Å². The number of carbonyl (C=O) groups excluding carboxylic acids is 1. The number of halogens is 2. The molecule has 0 aromatic rings. The van der Waals surface area contributed by atoms with E-state index in [0.29, 0.717) is 13.0 Å². The van der Waals surface area contributed by atoms with E-state index in [1.54, 1.807) is 20.8 Å². The standard InChI is InChI=1S/C12H22F2N2O2/c1-11(2,3)18-10(17)16-9-6-8(4-5-15)7-12(9,13)14/h8-9H,4-7,15H2,1-3H3,(H,16,17)/t8-,9+/m0/s1. The molecular formula is C12H22F2N2O2. The van der Waals surface area contributed by atoms with Gasteiger partial charge in [-0.25, -0.2) is 13.6 Å². The van der Waals surface area contributed by atoms with E-state index in [2.05, 4.69) is 5.32 Å². The van der Waals surface area contributed by atoms with Gasteiger partial charge in [0.1, 0.15) is 5.60 Å². The van der Waals surface area contributed by atoms with Crippen LogP contribution in [0.5, 0.6) is 0 Å². The third-order valence-electron chi connectivity index (χ3n) is 2.91. The van der Waals surface area contributed by atoms with Crippen molar-refractivity contribution in [2.75, 3.05) is 6.54 Å². The Morgan fingerprint density at radius 3 is 2.61 bits per heavy atom. The summed E-state index contributed by atoms with van der Waals surface area (Å²) in [6, 6.07) is -1.15. The predicted octanol–water partition coefficient (Wildman–Crippen LogP) is 2.27. The molecule has 3 N–H and O–H groups in total. The van der Waals surface area contributed by atoms with Crippen LogP contribution in [0.1, 0.15) is 40.0 Å². The predicted molar refractivity (Wildman–Crippen MR) is 64.5 cm³/mol. The highest BCUT2D eigenvalue weighted by Crippen LogP contribution is 2.40. The number of amides is 1. The van der Waals surface area contributed by atoms with Gasteiger partial charge >= 0.3 is 6.09 Å². The van der Waals surface area contributed by atoms with Gasteiger partial charge in [-0.15, -0.1) is 0 Å². The highest BCUT2D eigenvalue weighted by molar-refractivity contribution is 5.68. The molecule has 1 rings (SSSR count). The Kier molecular flexibility index (Phi) is 4.53. The normalized spacial score (nSPS) is 27.0. The van der Waals surface area contributed by atoms with Crippen molar-refractivity contribution in [1.29, 1.82) is 0 Å². The van der Waals surface area contributed by atoms with Gasteiger partial charge in [-0.1, -0.05) is 0 Å². The summed E-state index contributed by atoms with van der Waals surface area (Å²) in [4.78, 5) is 11.5. The molecule has 4 nitrogen and oxygen atoms in total. The molecule has 1 fully saturated rings. The van der Waals surface area contributed by atoms with E-state index in [4.69, 9.17) is 10.5 Å². The molecule has 1 saturated carbocycles. The second-order valence-electron chi connectivity index (χ2n) is 5.84. The quantitative estimate of drug-likeness (QED) is 0.822. The van der Waals surface area contributed by atoms with Gasteiger partial charge in [0.2, 0.25) is 0 Å². The summed E-state index contributed by atoms with van der Waals surface area (Å²) < 4.78 is 32.3. The monoisotopic (exact) mass is 264 g/mol. The molecular weight excluding hydrogens is 242 g/mol. The highest BCUT2D eigenvalue weighted by atomic mass is 19.3. The van der Waals surface area contributed by atoms with Crippen LogP contribution in [0, 0.1) is 5.92 Å². The molecule has 0 radical (unpaired) electrons. The number of nitrogens with one attached hydrogen (secondary N) is 1. The summed E-state index contributed by atoms with van der Waals surface area (Å²) in [5.74, 6) is -3.01. The van der Waals surface area contributed by atoms with E-state index in [1.807, 2.05) is 0 Å². The van der Waals surface area contributed by atoms with Crippen LogP contribution in [0.2, 0.25) is 0 Å². The topological polar surface area (TPSA) is 64.3 Å². The molecule has 1 aliphatic rings. The maximum atomic E-state index is 13.7. The van der Waals surface area contributed by atoms with Crippen LogP contribution in [0.4, 0.5) is 13.6 Å². The molecule has 1 amide bonds. The highest BCUT2D eigenvalue weighted by Gasteiger charge is 2.49. The van der Waals surface area contributed by atoms with Gasteiger partial charge in [0.25, 0.3) is 5.92 Å². The molecule has 18 heavy (non-hydrogen) atoms. The molecule has 2 atom stereocenters. The van der Waals surface area contributed by atoms with Crippen molar-refractivity contribution in [2.45, 2.75) is 57.6 Å². The largest absolute Gasteiger partial charge is 0.444 e. The van der Waals surface area contributed by atoms with Crippen LogP contribution >= 0.6 is 0 Å². The van der Waals surface area contributed by atoms with E-state index in [9.17, 15) is 13.6 Å². The van der Waals surface area contributed by atoms with Crippen LogP contribution in [0.25, 0.3) is 0 Å². The Bertz CT molecular complexity index is 303. The lowest BCUT2D eigenvalue weighted by Crippen LogP contribution is -2.45.